The van der Waals surface area contributed by atoms with E-state index >= 15 is 0 Å². The zero-order valence-electron chi connectivity index (χ0n) is 18.9. The van der Waals surface area contributed by atoms with E-state index in [1.807, 2.05) is 24.3 Å². The molecule has 0 saturated carbocycles. The van der Waals surface area contributed by atoms with Gasteiger partial charge in [0, 0.05) is 24.2 Å². The van der Waals surface area contributed by atoms with E-state index in [0.717, 1.165) is 11.0 Å². The zero-order chi connectivity index (χ0) is 25.6. The van der Waals surface area contributed by atoms with Gasteiger partial charge in [-0.05, 0) is 54.8 Å². The predicted octanol–water partition coefficient (Wildman–Crippen LogP) is 4.45. The number of aromatic amines is 1. The number of H-pyrrole nitrogens is 1. The molecule has 11 heteroatoms. The molecule has 2 heterocycles. The molecular weight excluding hydrogens is 523 g/mol. The van der Waals surface area contributed by atoms with E-state index in [1.165, 1.54) is 16.4 Å². The van der Waals surface area contributed by atoms with Crippen LogP contribution in [-0.2, 0) is 10.0 Å². The van der Waals surface area contributed by atoms with Gasteiger partial charge in [0.25, 0.3) is 0 Å². The average Bonchev–Trinajstić information content (AvgIpc) is 3.28. The van der Waals surface area contributed by atoms with Crippen LogP contribution in [0.2, 0.25) is 10.0 Å². The van der Waals surface area contributed by atoms with Gasteiger partial charge in [0.1, 0.15) is 5.82 Å². The Bertz CT molecular complexity index is 1560. The standard InChI is InChI=1S/C25H22Cl2N4O4S/c26-18-7-5-14(13-17(18)25-29-19-3-1-2-4-20(19)30-25)22-21(8-6-16(23(22)27)24(28)33)36(34,35)31-11-9-15(32)10-12-31/h1-8,13,15,32H,9-12H2,(H2,28,33)(H,29,30). The van der Waals surface area contributed by atoms with Crippen LogP contribution in [0.5, 0.6) is 0 Å². The Morgan fingerprint density at radius 3 is 2.50 bits per heavy atom. The normalized spacial score (nSPS) is 15.4. The molecule has 3 aromatic carbocycles. The molecule has 1 aliphatic rings. The van der Waals surface area contributed by atoms with Gasteiger partial charge < -0.3 is 15.8 Å². The molecule has 1 amide bonds. The number of primary amides is 1. The van der Waals surface area contributed by atoms with E-state index in [9.17, 15) is 18.3 Å². The molecule has 1 saturated heterocycles. The molecule has 186 valence electrons. The van der Waals surface area contributed by atoms with Gasteiger partial charge >= 0.3 is 0 Å². The first-order valence-corrected chi connectivity index (χ1v) is 13.4. The van der Waals surface area contributed by atoms with Crippen molar-refractivity contribution in [3.63, 3.8) is 0 Å². The Labute approximate surface area is 217 Å². The number of aliphatic hydroxyl groups excluding tert-OH is 1. The van der Waals surface area contributed by atoms with E-state index in [-0.39, 0.29) is 34.1 Å². The third-order valence-electron chi connectivity index (χ3n) is 6.31. The number of halogens is 2. The topological polar surface area (TPSA) is 129 Å². The third-order valence-corrected chi connectivity index (χ3v) is 8.97. The smallest absolute Gasteiger partial charge is 0.250 e. The van der Waals surface area contributed by atoms with Gasteiger partial charge in [0.05, 0.1) is 37.6 Å². The third kappa shape index (κ3) is 4.38. The molecule has 0 aliphatic carbocycles. The van der Waals surface area contributed by atoms with Gasteiger partial charge in [0.2, 0.25) is 15.9 Å². The summed E-state index contributed by atoms with van der Waals surface area (Å²) in [7, 11) is -4.01. The molecule has 0 atom stereocenters. The lowest BCUT2D eigenvalue weighted by atomic mass is 10.00. The van der Waals surface area contributed by atoms with Crippen molar-refractivity contribution < 1.29 is 18.3 Å². The number of nitrogens with zero attached hydrogens (tertiary/aromatic N) is 2. The molecule has 0 spiro atoms. The maximum Gasteiger partial charge on any atom is 0.250 e. The van der Waals surface area contributed by atoms with E-state index in [4.69, 9.17) is 28.9 Å². The monoisotopic (exact) mass is 544 g/mol. The zero-order valence-corrected chi connectivity index (χ0v) is 21.2. The number of nitrogens with two attached hydrogens (primary N) is 1. The number of benzene rings is 3. The summed E-state index contributed by atoms with van der Waals surface area (Å²) >= 11 is 13.1. The molecule has 1 aliphatic heterocycles. The summed E-state index contributed by atoms with van der Waals surface area (Å²) in [6.07, 6.45) is 0.122. The van der Waals surface area contributed by atoms with Crippen LogP contribution in [0.25, 0.3) is 33.5 Å². The van der Waals surface area contributed by atoms with E-state index in [2.05, 4.69) is 9.97 Å². The minimum absolute atomic E-state index is 0.0000739. The highest BCUT2D eigenvalue weighted by Crippen LogP contribution is 2.41. The van der Waals surface area contributed by atoms with Gasteiger partial charge in [-0.15, -0.1) is 0 Å². The second-order valence-electron chi connectivity index (χ2n) is 8.60. The first kappa shape index (κ1) is 24.7. The number of aromatic nitrogens is 2. The van der Waals surface area contributed by atoms with Crippen molar-refractivity contribution >= 4 is 50.2 Å². The number of nitrogens with one attached hydrogen (secondary N) is 1. The van der Waals surface area contributed by atoms with Crippen LogP contribution in [0.3, 0.4) is 0 Å². The van der Waals surface area contributed by atoms with Crippen LogP contribution in [0.4, 0.5) is 0 Å². The molecule has 0 radical (unpaired) electrons. The van der Waals surface area contributed by atoms with Crippen molar-refractivity contribution in [3.05, 3.63) is 70.2 Å². The SMILES string of the molecule is NC(=O)c1ccc(S(=O)(=O)N2CCC(O)CC2)c(-c2ccc(Cl)c(-c3nc4ccccc4[nH]3)c2)c1Cl. The molecule has 5 rings (SSSR count). The summed E-state index contributed by atoms with van der Waals surface area (Å²) in [5.41, 5.74) is 8.20. The van der Waals surface area contributed by atoms with Gasteiger partial charge in [0.15, 0.2) is 0 Å². The van der Waals surface area contributed by atoms with Crippen LogP contribution < -0.4 is 5.73 Å². The average molecular weight is 545 g/mol. The van der Waals surface area contributed by atoms with Crippen LogP contribution >= 0.6 is 23.2 Å². The van der Waals surface area contributed by atoms with Crippen molar-refractivity contribution in [2.24, 2.45) is 5.73 Å². The lowest BCUT2D eigenvalue weighted by molar-refractivity contribution is 0.1000. The number of fused-ring (bicyclic) bond motifs is 1. The highest BCUT2D eigenvalue weighted by atomic mass is 35.5. The van der Waals surface area contributed by atoms with Crippen molar-refractivity contribution in [2.75, 3.05) is 13.1 Å². The summed E-state index contributed by atoms with van der Waals surface area (Å²) < 4.78 is 28.7. The maximum absolute atomic E-state index is 13.7. The van der Waals surface area contributed by atoms with Crippen molar-refractivity contribution in [1.82, 2.24) is 14.3 Å². The Kier molecular flexibility index (Phi) is 6.52. The lowest BCUT2D eigenvalue weighted by Gasteiger charge is -2.29. The number of carbonyl (C=O) groups is 1. The number of amides is 1. The minimum Gasteiger partial charge on any atom is -0.393 e. The fourth-order valence-electron chi connectivity index (χ4n) is 4.40. The number of rotatable bonds is 5. The van der Waals surface area contributed by atoms with Gasteiger partial charge in [-0.1, -0.05) is 41.4 Å². The highest BCUT2D eigenvalue weighted by molar-refractivity contribution is 7.89. The Morgan fingerprint density at radius 2 is 1.81 bits per heavy atom. The number of piperidine rings is 1. The van der Waals surface area contributed by atoms with E-state index in [0.29, 0.717) is 34.8 Å². The predicted molar refractivity (Wildman–Crippen MR) is 140 cm³/mol. The van der Waals surface area contributed by atoms with Crippen LogP contribution in [0, 0.1) is 0 Å². The summed E-state index contributed by atoms with van der Waals surface area (Å²) in [5.74, 6) is -0.280. The molecule has 4 aromatic rings. The quantitative estimate of drug-likeness (QED) is 0.341. The second kappa shape index (κ2) is 9.49. The molecular formula is C25H22Cl2N4O4S. The summed E-state index contributed by atoms with van der Waals surface area (Å²) in [4.78, 5) is 19.8. The van der Waals surface area contributed by atoms with Crippen molar-refractivity contribution in [3.8, 4) is 22.5 Å². The molecule has 4 N–H and O–H groups in total. The number of hydrogen-bond donors (Lipinski definition) is 3. The number of para-hydroxylation sites is 2. The highest BCUT2D eigenvalue weighted by Gasteiger charge is 2.33. The first-order valence-electron chi connectivity index (χ1n) is 11.2. The Morgan fingerprint density at radius 1 is 1.08 bits per heavy atom. The fraction of sp³-hybridized carbons (Fsp3) is 0.200. The van der Waals surface area contributed by atoms with Crippen LogP contribution in [-0.4, -0.2) is 52.9 Å². The lowest BCUT2D eigenvalue weighted by Crippen LogP contribution is -2.40. The second-order valence-corrected chi connectivity index (χ2v) is 11.3. The number of aliphatic hydroxyl groups is 1. The van der Waals surface area contributed by atoms with Gasteiger partial charge in [-0.3, -0.25) is 4.79 Å². The summed E-state index contributed by atoms with van der Waals surface area (Å²) in [6, 6.07) is 15.1. The van der Waals surface area contributed by atoms with Crippen LogP contribution in [0.15, 0.2) is 59.5 Å². The molecule has 0 bridgehead atoms. The van der Waals surface area contributed by atoms with E-state index in [1.54, 1.807) is 18.2 Å². The number of carbonyl (C=O) groups excluding carboxylic acids is 1. The summed E-state index contributed by atoms with van der Waals surface area (Å²) in [6.45, 7) is 0.339. The molecule has 36 heavy (non-hydrogen) atoms. The fourth-order valence-corrected chi connectivity index (χ4v) is 6.71. The molecule has 0 unspecified atom stereocenters. The van der Waals surface area contributed by atoms with Crippen molar-refractivity contribution in [2.45, 2.75) is 23.8 Å². The largest absolute Gasteiger partial charge is 0.393 e. The molecule has 8 nitrogen and oxygen atoms in total. The van der Waals surface area contributed by atoms with Crippen LogP contribution in [0.1, 0.15) is 23.2 Å². The van der Waals surface area contributed by atoms with Gasteiger partial charge in [-0.25, -0.2) is 13.4 Å². The minimum atomic E-state index is -4.01. The van der Waals surface area contributed by atoms with Crippen molar-refractivity contribution in [1.29, 1.82) is 0 Å². The Balaban J connectivity index is 1.70. The van der Waals surface area contributed by atoms with E-state index < -0.39 is 22.0 Å². The number of hydrogen-bond acceptors (Lipinski definition) is 5. The number of sulfonamides is 1. The summed E-state index contributed by atoms with van der Waals surface area (Å²) in [5, 5.41) is 10.2. The van der Waals surface area contributed by atoms with Gasteiger partial charge in [-0.2, -0.15) is 4.31 Å². The Hall–Kier alpha value is -2.95. The molecule has 1 fully saturated rings. The molecule has 1 aromatic heterocycles. The number of imidazole rings is 1. The maximum atomic E-state index is 13.7. The first-order chi connectivity index (χ1) is 17.2.